The van der Waals surface area contributed by atoms with Crippen LogP contribution in [-0.2, 0) is 16.4 Å². The molecular formula is C14H23NO4S2. The first kappa shape index (κ1) is 18.3. The summed E-state index contributed by atoms with van der Waals surface area (Å²) in [6.45, 7) is 1.77. The molecule has 1 unspecified atom stereocenters. The van der Waals surface area contributed by atoms with Gasteiger partial charge in [-0.05, 0) is 43.4 Å². The number of methoxy groups -OCH3 is 1. The van der Waals surface area contributed by atoms with E-state index in [1.165, 1.54) is 11.4 Å². The summed E-state index contributed by atoms with van der Waals surface area (Å²) in [4.78, 5) is 0.229. The van der Waals surface area contributed by atoms with Crippen LogP contribution in [0.3, 0.4) is 0 Å². The second kappa shape index (κ2) is 8.03. The van der Waals surface area contributed by atoms with E-state index in [-0.39, 0.29) is 24.0 Å². The molecule has 0 aliphatic carbocycles. The van der Waals surface area contributed by atoms with Crippen molar-refractivity contribution in [2.24, 2.45) is 0 Å². The van der Waals surface area contributed by atoms with Crippen LogP contribution >= 0.6 is 11.8 Å². The number of hydrogen-bond acceptors (Lipinski definition) is 5. The maximum atomic E-state index is 12.7. The number of thioether (sulfide) groups is 1. The fourth-order valence-corrected chi connectivity index (χ4v) is 4.38. The fourth-order valence-electron chi connectivity index (χ4n) is 1.99. The number of ether oxygens (including phenoxy) is 1. The number of aliphatic hydroxyl groups is 1. The minimum Gasteiger partial charge on any atom is -0.497 e. The molecule has 0 aromatic heterocycles. The van der Waals surface area contributed by atoms with Crippen molar-refractivity contribution in [2.75, 3.05) is 32.8 Å². The van der Waals surface area contributed by atoms with Gasteiger partial charge in [0.15, 0.2) is 0 Å². The molecule has 21 heavy (non-hydrogen) atoms. The fraction of sp³-hybridized carbons (Fsp3) is 0.571. The van der Waals surface area contributed by atoms with E-state index in [2.05, 4.69) is 0 Å². The summed E-state index contributed by atoms with van der Waals surface area (Å²) in [6, 6.07) is 4.73. The van der Waals surface area contributed by atoms with E-state index < -0.39 is 10.0 Å². The summed E-state index contributed by atoms with van der Waals surface area (Å²) >= 11 is 1.60. The highest BCUT2D eigenvalue weighted by molar-refractivity contribution is 7.98. The van der Waals surface area contributed by atoms with Gasteiger partial charge in [0.05, 0.1) is 12.0 Å². The predicted molar refractivity (Wildman–Crippen MR) is 86.6 cm³/mol. The minimum absolute atomic E-state index is 0.103. The van der Waals surface area contributed by atoms with Gasteiger partial charge in [-0.3, -0.25) is 0 Å². The molecule has 1 N–H and O–H groups in total. The molecule has 0 aliphatic heterocycles. The molecule has 0 aliphatic rings. The summed E-state index contributed by atoms with van der Waals surface area (Å²) in [7, 11) is -0.472. The quantitative estimate of drug-likeness (QED) is 0.783. The molecule has 0 radical (unpaired) electrons. The molecule has 7 heteroatoms. The third-order valence-electron chi connectivity index (χ3n) is 3.33. The smallest absolute Gasteiger partial charge is 0.243 e. The third-order valence-corrected chi connectivity index (χ3v) is 6.22. The van der Waals surface area contributed by atoms with Crippen molar-refractivity contribution >= 4 is 21.8 Å². The van der Waals surface area contributed by atoms with Crippen molar-refractivity contribution in [3.05, 3.63) is 23.8 Å². The molecule has 0 saturated heterocycles. The number of benzene rings is 1. The lowest BCUT2D eigenvalue weighted by Gasteiger charge is -2.25. The summed E-state index contributed by atoms with van der Waals surface area (Å²) in [6.07, 6.45) is 2.22. The molecule has 1 aromatic carbocycles. The molecule has 0 spiro atoms. The number of hydrogen-bond donors (Lipinski definition) is 1. The molecule has 0 amide bonds. The van der Waals surface area contributed by atoms with Gasteiger partial charge >= 0.3 is 0 Å². The Morgan fingerprint density at radius 3 is 2.62 bits per heavy atom. The SMILES string of the molecule is COc1ccc(S(=O)(=O)N(C)C(C)CSC)c(CCO)c1. The van der Waals surface area contributed by atoms with Gasteiger partial charge in [-0.25, -0.2) is 8.42 Å². The van der Waals surface area contributed by atoms with Crippen LogP contribution in [0.2, 0.25) is 0 Å². The van der Waals surface area contributed by atoms with Gasteiger partial charge in [-0.1, -0.05) is 0 Å². The summed E-state index contributed by atoms with van der Waals surface area (Å²) in [5.41, 5.74) is 0.569. The van der Waals surface area contributed by atoms with Crippen molar-refractivity contribution in [3.8, 4) is 5.75 Å². The predicted octanol–water partition coefficient (Wildman–Crippen LogP) is 1.60. The molecule has 1 atom stereocenters. The van der Waals surface area contributed by atoms with Crippen LogP contribution in [0.15, 0.2) is 23.1 Å². The Bertz CT molecular complexity index is 560. The number of sulfonamides is 1. The molecule has 0 fully saturated rings. The minimum atomic E-state index is -3.58. The van der Waals surface area contributed by atoms with Crippen LogP contribution in [0, 0.1) is 0 Å². The van der Waals surface area contributed by atoms with Crippen LogP contribution in [0.4, 0.5) is 0 Å². The van der Waals surface area contributed by atoms with Crippen molar-refractivity contribution in [1.82, 2.24) is 4.31 Å². The molecule has 120 valence electrons. The highest BCUT2D eigenvalue weighted by atomic mass is 32.2. The van der Waals surface area contributed by atoms with Gasteiger partial charge < -0.3 is 9.84 Å². The van der Waals surface area contributed by atoms with E-state index in [9.17, 15) is 8.42 Å². The topological polar surface area (TPSA) is 66.8 Å². The lowest BCUT2D eigenvalue weighted by atomic mass is 10.1. The summed E-state index contributed by atoms with van der Waals surface area (Å²) in [5.74, 6) is 1.30. The number of rotatable bonds is 8. The summed E-state index contributed by atoms with van der Waals surface area (Å²) in [5, 5.41) is 9.15. The van der Waals surface area contributed by atoms with Crippen LogP contribution < -0.4 is 4.74 Å². The highest BCUT2D eigenvalue weighted by Crippen LogP contribution is 2.26. The van der Waals surface area contributed by atoms with Crippen molar-refractivity contribution in [3.63, 3.8) is 0 Å². The van der Waals surface area contributed by atoms with Gasteiger partial charge in [-0.15, -0.1) is 0 Å². The Morgan fingerprint density at radius 2 is 2.10 bits per heavy atom. The average Bonchev–Trinajstić information content (AvgIpc) is 2.46. The Kier molecular flexibility index (Phi) is 6.99. The normalized spacial score (nSPS) is 13.4. The third kappa shape index (κ3) is 4.35. The standard InChI is InChI=1S/C14H23NO4S2/c1-11(10-20-4)15(2)21(17,18)14-6-5-13(19-3)9-12(14)7-8-16/h5-6,9,11,16H,7-8,10H2,1-4H3. The van der Waals surface area contributed by atoms with E-state index in [1.54, 1.807) is 37.0 Å². The Labute approximate surface area is 131 Å². The molecule has 0 heterocycles. The maximum Gasteiger partial charge on any atom is 0.243 e. The van der Waals surface area contributed by atoms with Crippen LogP contribution in [0.1, 0.15) is 12.5 Å². The van der Waals surface area contributed by atoms with Crippen molar-refractivity contribution in [1.29, 1.82) is 0 Å². The van der Waals surface area contributed by atoms with E-state index >= 15 is 0 Å². The first-order valence-electron chi connectivity index (χ1n) is 6.63. The van der Waals surface area contributed by atoms with E-state index in [1.807, 2.05) is 13.2 Å². The second-order valence-corrected chi connectivity index (χ2v) is 7.65. The largest absolute Gasteiger partial charge is 0.497 e. The van der Waals surface area contributed by atoms with Gasteiger partial charge in [0.2, 0.25) is 10.0 Å². The van der Waals surface area contributed by atoms with Crippen LogP contribution in [-0.4, -0.2) is 56.6 Å². The second-order valence-electron chi connectivity index (χ2n) is 4.77. The van der Waals surface area contributed by atoms with E-state index in [4.69, 9.17) is 9.84 Å². The molecular weight excluding hydrogens is 310 g/mol. The van der Waals surface area contributed by atoms with Gasteiger partial charge in [0.25, 0.3) is 0 Å². The molecule has 0 saturated carbocycles. The Balaban J connectivity index is 3.23. The maximum absolute atomic E-state index is 12.7. The molecule has 0 bridgehead atoms. The Hall–Kier alpha value is -0.760. The molecule has 1 aromatic rings. The lowest BCUT2D eigenvalue weighted by Crippen LogP contribution is -2.37. The Morgan fingerprint density at radius 1 is 1.43 bits per heavy atom. The zero-order chi connectivity index (χ0) is 16.0. The lowest BCUT2D eigenvalue weighted by molar-refractivity contribution is 0.298. The van der Waals surface area contributed by atoms with Crippen molar-refractivity contribution in [2.45, 2.75) is 24.3 Å². The highest BCUT2D eigenvalue weighted by Gasteiger charge is 2.27. The molecule has 5 nitrogen and oxygen atoms in total. The zero-order valence-electron chi connectivity index (χ0n) is 12.9. The van der Waals surface area contributed by atoms with Gasteiger partial charge in [-0.2, -0.15) is 16.1 Å². The first-order valence-corrected chi connectivity index (χ1v) is 9.46. The average molecular weight is 333 g/mol. The van der Waals surface area contributed by atoms with E-state index in [0.29, 0.717) is 11.3 Å². The van der Waals surface area contributed by atoms with E-state index in [0.717, 1.165) is 5.75 Å². The zero-order valence-corrected chi connectivity index (χ0v) is 14.5. The monoisotopic (exact) mass is 333 g/mol. The van der Waals surface area contributed by atoms with Gasteiger partial charge in [0, 0.05) is 25.4 Å². The number of aliphatic hydroxyl groups excluding tert-OH is 1. The van der Waals surface area contributed by atoms with Crippen LogP contribution in [0.5, 0.6) is 5.75 Å². The summed E-state index contributed by atoms with van der Waals surface area (Å²) < 4.78 is 32.0. The number of nitrogens with zero attached hydrogens (tertiary/aromatic N) is 1. The first-order chi connectivity index (χ1) is 9.88. The van der Waals surface area contributed by atoms with Gasteiger partial charge in [0.1, 0.15) is 5.75 Å². The van der Waals surface area contributed by atoms with Crippen LogP contribution in [0.25, 0.3) is 0 Å². The molecule has 1 rings (SSSR count). The van der Waals surface area contributed by atoms with Crippen molar-refractivity contribution < 1.29 is 18.3 Å².